The second kappa shape index (κ2) is 7.81. The van der Waals surface area contributed by atoms with E-state index in [4.69, 9.17) is 0 Å². The highest BCUT2D eigenvalue weighted by atomic mass is 19.4. The highest BCUT2D eigenvalue weighted by Gasteiger charge is 2.27. The number of aromatic nitrogens is 4. The molecule has 0 aliphatic carbocycles. The lowest BCUT2D eigenvalue weighted by Crippen LogP contribution is -2.41. The number of nitrogens with one attached hydrogen (secondary N) is 2. The van der Waals surface area contributed by atoms with Gasteiger partial charge in [-0.2, -0.15) is 18.3 Å². The van der Waals surface area contributed by atoms with Crippen LogP contribution in [0.5, 0.6) is 0 Å². The lowest BCUT2D eigenvalue weighted by Gasteiger charge is -2.17. The van der Waals surface area contributed by atoms with Gasteiger partial charge in [0.2, 0.25) is 0 Å². The molecule has 0 fully saturated rings. The first-order valence-corrected chi connectivity index (χ1v) is 9.13. The Labute approximate surface area is 169 Å². The van der Waals surface area contributed by atoms with Gasteiger partial charge >= 0.3 is 6.18 Å². The zero-order valence-corrected chi connectivity index (χ0v) is 15.9. The van der Waals surface area contributed by atoms with Crippen LogP contribution in [0.15, 0.2) is 61.1 Å². The van der Waals surface area contributed by atoms with Crippen LogP contribution in [0.4, 0.5) is 18.9 Å². The molecule has 0 saturated heterocycles. The van der Waals surface area contributed by atoms with Crippen molar-refractivity contribution >= 4 is 11.3 Å². The average Bonchev–Trinajstić information content (AvgIpc) is 3.31. The first kappa shape index (κ1) is 19.9. The predicted molar refractivity (Wildman–Crippen MR) is 106 cm³/mol. The minimum Gasteiger partial charge on any atom is -0.361 e. The number of imidazole rings is 1. The quantitative estimate of drug-likeness (QED) is 0.420. The van der Waals surface area contributed by atoms with E-state index in [9.17, 15) is 18.3 Å². The molecule has 7 nitrogen and oxygen atoms in total. The first-order valence-electron chi connectivity index (χ1n) is 9.13. The van der Waals surface area contributed by atoms with E-state index >= 15 is 0 Å². The molecule has 4 aromatic rings. The summed E-state index contributed by atoms with van der Waals surface area (Å²) in [6.45, 7) is 0.664. The molecule has 3 aromatic heterocycles. The zero-order chi connectivity index (χ0) is 21.3. The number of anilines is 1. The third-order valence-corrected chi connectivity index (χ3v) is 4.53. The molecule has 0 bridgehead atoms. The van der Waals surface area contributed by atoms with Gasteiger partial charge in [0.05, 0.1) is 24.1 Å². The SMILES string of the molecule is Cc1ccnn1-c1ccn2c(-c3cccc(NC(O)NCC(F)(F)F)c3)cnc2c1. The minimum absolute atomic E-state index is 0.466. The molecule has 1 aromatic carbocycles. The van der Waals surface area contributed by atoms with Crippen LogP contribution in [0.1, 0.15) is 5.69 Å². The second-order valence-corrected chi connectivity index (χ2v) is 6.76. The summed E-state index contributed by atoms with van der Waals surface area (Å²) in [4.78, 5) is 4.46. The molecule has 1 atom stereocenters. The van der Waals surface area contributed by atoms with Crippen molar-refractivity contribution in [2.24, 2.45) is 0 Å². The predicted octanol–water partition coefficient (Wildman–Crippen LogP) is 3.34. The smallest absolute Gasteiger partial charge is 0.361 e. The molecule has 30 heavy (non-hydrogen) atoms. The van der Waals surface area contributed by atoms with E-state index in [-0.39, 0.29) is 0 Å². The molecule has 0 radical (unpaired) electrons. The number of benzene rings is 1. The maximum atomic E-state index is 12.3. The third kappa shape index (κ3) is 4.29. The van der Waals surface area contributed by atoms with E-state index in [0.29, 0.717) is 5.69 Å². The number of hydrogen-bond acceptors (Lipinski definition) is 5. The van der Waals surface area contributed by atoms with Crippen molar-refractivity contribution in [1.29, 1.82) is 0 Å². The topological polar surface area (TPSA) is 79.4 Å². The number of halogens is 3. The maximum Gasteiger partial charge on any atom is 0.401 e. The molecular formula is C20H19F3N6O. The van der Waals surface area contributed by atoms with Gasteiger partial charge in [0, 0.05) is 35.4 Å². The van der Waals surface area contributed by atoms with Crippen LogP contribution in [-0.2, 0) is 0 Å². The number of hydrogen-bond donors (Lipinski definition) is 3. The molecule has 10 heteroatoms. The number of pyridine rings is 1. The normalized spacial score (nSPS) is 13.0. The van der Waals surface area contributed by atoms with Crippen molar-refractivity contribution in [3.05, 3.63) is 66.7 Å². The van der Waals surface area contributed by atoms with Gasteiger partial charge in [0.15, 0.2) is 6.35 Å². The number of aliphatic hydroxyl groups excluding tert-OH is 1. The fourth-order valence-corrected chi connectivity index (χ4v) is 3.14. The number of nitrogens with zero attached hydrogens (tertiary/aromatic N) is 4. The summed E-state index contributed by atoms with van der Waals surface area (Å²) >= 11 is 0. The van der Waals surface area contributed by atoms with Gasteiger partial charge in [-0.05, 0) is 31.2 Å². The highest BCUT2D eigenvalue weighted by molar-refractivity contribution is 5.68. The Morgan fingerprint density at radius 3 is 2.73 bits per heavy atom. The van der Waals surface area contributed by atoms with Crippen LogP contribution in [0, 0.1) is 6.92 Å². The number of aryl methyl sites for hydroxylation is 1. The fourth-order valence-electron chi connectivity index (χ4n) is 3.14. The molecule has 4 rings (SSSR count). The molecular weight excluding hydrogens is 397 g/mol. The second-order valence-electron chi connectivity index (χ2n) is 6.76. The van der Waals surface area contributed by atoms with Crippen LogP contribution in [0.3, 0.4) is 0 Å². The number of fused-ring (bicyclic) bond motifs is 1. The minimum atomic E-state index is -4.41. The summed E-state index contributed by atoms with van der Waals surface area (Å²) in [6, 6.07) is 12.7. The molecule has 0 saturated carbocycles. The van der Waals surface area contributed by atoms with E-state index in [0.717, 1.165) is 28.3 Å². The molecule has 0 spiro atoms. The van der Waals surface area contributed by atoms with E-state index < -0.39 is 19.1 Å². The Kier molecular flexibility index (Phi) is 5.18. The maximum absolute atomic E-state index is 12.3. The van der Waals surface area contributed by atoms with Gasteiger partial charge in [0.25, 0.3) is 0 Å². The Bertz CT molecular complexity index is 1170. The summed E-state index contributed by atoms with van der Waals surface area (Å²) < 4.78 is 40.5. The standard InChI is InChI=1S/C20H19F3N6O/c1-13-5-7-26-29(13)16-6-8-28-17(11-24-18(28)10-16)14-3-2-4-15(9-14)27-19(30)25-12-20(21,22)23/h2-11,19,25,27,30H,12H2,1H3. The van der Waals surface area contributed by atoms with Crippen LogP contribution in [0.2, 0.25) is 0 Å². The van der Waals surface area contributed by atoms with Crippen molar-refractivity contribution in [1.82, 2.24) is 24.5 Å². The number of alkyl halides is 3. The van der Waals surface area contributed by atoms with E-state index in [1.807, 2.05) is 51.8 Å². The van der Waals surface area contributed by atoms with E-state index in [2.05, 4.69) is 15.4 Å². The van der Waals surface area contributed by atoms with Crippen LogP contribution >= 0.6 is 0 Å². The summed E-state index contributed by atoms with van der Waals surface area (Å²) in [5, 5.41) is 18.6. The Morgan fingerprint density at radius 2 is 2.00 bits per heavy atom. The number of rotatable bonds is 6. The van der Waals surface area contributed by atoms with Crippen LogP contribution in [-0.4, -0.2) is 43.3 Å². The van der Waals surface area contributed by atoms with Gasteiger partial charge < -0.3 is 10.4 Å². The van der Waals surface area contributed by atoms with Gasteiger partial charge in [-0.1, -0.05) is 12.1 Å². The van der Waals surface area contributed by atoms with E-state index in [1.165, 1.54) is 0 Å². The highest BCUT2D eigenvalue weighted by Crippen LogP contribution is 2.25. The van der Waals surface area contributed by atoms with Gasteiger partial charge in [-0.3, -0.25) is 9.72 Å². The summed E-state index contributed by atoms with van der Waals surface area (Å²) in [7, 11) is 0. The molecule has 3 heterocycles. The lowest BCUT2D eigenvalue weighted by atomic mass is 10.1. The summed E-state index contributed by atoms with van der Waals surface area (Å²) in [5.41, 5.74) is 4.67. The molecule has 0 aliphatic rings. The van der Waals surface area contributed by atoms with Crippen molar-refractivity contribution in [2.45, 2.75) is 19.5 Å². The third-order valence-electron chi connectivity index (χ3n) is 4.53. The first-order chi connectivity index (χ1) is 14.3. The largest absolute Gasteiger partial charge is 0.401 e. The van der Waals surface area contributed by atoms with Crippen LogP contribution < -0.4 is 10.6 Å². The summed E-state index contributed by atoms with van der Waals surface area (Å²) in [5.74, 6) is 0. The fraction of sp³-hybridized carbons (Fsp3) is 0.200. The average molecular weight is 416 g/mol. The molecule has 0 amide bonds. The van der Waals surface area contributed by atoms with Crippen molar-refractivity contribution in [3.8, 4) is 16.9 Å². The molecule has 0 aliphatic heterocycles. The lowest BCUT2D eigenvalue weighted by molar-refractivity contribution is -0.130. The Morgan fingerprint density at radius 1 is 1.17 bits per heavy atom. The monoisotopic (exact) mass is 416 g/mol. The summed E-state index contributed by atoms with van der Waals surface area (Å²) in [6.07, 6.45) is -0.619. The Balaban J connectivity index is 1.57. The Hall–Kier alpha value is -3.37. The molecule has 156 valence electrons. The van der Waals surface area contributed by atoms with Gasteiger partial charge in [-0.25, -0.2) is 9.67 Å². The van der Waals surface area contributed by atoms with Crippen LogP contribution in [0.25, 0.3) is 22.6 Å². The zero-order valence-electron chi connectivity index (χ0n) is 15.9. The molecule has 1 unspecified atom stereocenters. The van der Waals surface area contributed by atoms with Gasteiger partial charge in [0.1, 0.15) is 5.65 Å². The van der Waals surface area contributed by atoms with Gasteiger partial charge in [-0.15, -0.1) is 0 Å². The van der Waals surface area contributed by atoms with Crippen molar-refractivity contribution < 1.29 is 18.3 Å². The number of aliphatic hydroxyl groups is 1. The van der Waals surface area contributed by atoms with E-state index in [1.54, 1.807) is 30.6 Å². The van der Waals surface area contributed by atoms with Crippen molar-refractivity contribution in [2.75, 3.05) is 11.9 Å². The van der Waals surface area contributed by atoms with Crippen molar-refractivity contribution in [3.63, 3.8) is 0 Å². The molecule has 3 N–H and O–H groups in total.